The van der Waals surface area contributed by atoms with Crippen molar-refractivity contribution in [1.29, 1.82) is 0 Å². The third-order valence-corrected chi connectivity index (χ3v) is 6.90. The van der Waals surface area contributed by atoms with E-state index in [1.165, 1.54) is 29.6 Å². The Kier molecular flexibility index (Phi) is 6.16. The number of sulfonamides is 1. The van der Waals surface area contributed by atoms with Crippen molar-refractivity contribution in [2.45, 2.75) is 11.1 Å². The van der Waals surface area contributed by atoms with Crippen LogP contribution in [0.5, 0.6) is 0 Å². The van der Waals surface area contributed by atoms with E-state index in [1.807, 2.05) is 0 Å². The number of benzene rings is 1. The Hall–Kier alpha value is -2.49. The number of pyridine rings is 1. The molecular weight excluding hydrogens is 438 g/mol. The lowest BCUT2D eigenvalue weighted by Crippen LogP contribution is -2.25. The molecule has 0 aliphatic heterocycles. The first-order valence-electron chi connectivity index (χ1n) is 8.61. The number of rotatable bonds is 6. The van der Waals surface area contributed by atoms with Crippen molar-refractivity contribution >= 4 is 30.6 Å². The van der Waals surface area contributed by atoms with Gasteiger partial charge in [0.1, 0.15) is 5.69 Å². The van der Waals surface area contributed by atoms with E-state index in [9.17, 15) is 21.6 Å². The Labute approximate surface area is 174 Å². The molecule has 12 heteroatoms. The van der Waals surface area contributed by atoms with Gasteiger partial charge in [0.2, 0.25) is 10.0 Å². The SMILES string of the molecule is CN(CP)S(=O)(=O)c1ccc(Nc2ccc(C(F)(F)F)nc2)c(-c2cn(C)cn2)c1. The first-order chi connectivity index (χ1) is 14.0. The highest BCUT2D eigenvalue weighted by Crippen LogP contribution is 2.33. The van der Waals surface area contributed by atoms with Crippen molar-refractivity contribution < 1.29 is 21.6 Å². The molecule has 1 unspecified atom stereocenters. The Morgan fingerprint density at radius 3 is 2.47 bits per heavy atom. The summed E-state index contributed by atoms with van der Waals surface area (Å²) in [7, 11) is 1.87. The highest BCUT2D eigenvalue weighted by atomic mass is 32.2. The predicted molar refractivity (Wildman–Crippen MR) is 111 cm³/mol. The van der Waals surface area contributed by atoms with E-state index in [2.05, 4.69) is 24.5 Å². The third kappa shape index (κ3) is 4.63. The molecule has 0 spiro atoms. The number of halogens is 3. The summed E-state index contributed by atoms with van der Waals surface area (Å²) in [6.07, 6.45) is 0.0313. The molecule has 3 aromatic rings. The number of nitrogens with one attached hydrogen (secondary N) is 1. The van der Waals surface area contributed by atoms with Gasteiger partial charge in [-0.15, -0.1) is 9.24 Å². The number of imidazole rings is 1. The number of aromatic nitrogens is 3. The van der Waals surface area contributed by atoms with Gasteiger partial charge in [-0.2, -0.15) is 17.5 Å². The summed E-state index contributed by atoms with van der Waals surface area (Å²) in [4.78, 5) is 7.77. The average Bonchev–Trinajstić information content (AvgIpc) is 3.13. The molecule has 0 saturated heterocycles. The zero-order chi connectivity index (χ0) is 22.1. The second kappa shape index (κ2) is 8.33. The molecule has 30 heavy (non-hydrogen) atoms. The zero-order valence-corrected chi connectivity index (χ0v) is 18.0. The van der Waals surface area contributed by atoms with E-state index >= 15 is 0 Å². The maximum Gasteiger partial charge on any atom is 0.433 e. The molecule has 1 atom stereocenters. The van der Waals surface area contributed by atoms with Gasteiger partial charge >= 0.3 is 6.18 Å². The second-order valence-corrected chi connectivity index (χ2v) is 8.88. The van der Waals surface area contributed by atoms with Gasteiger partial charge in [-0.05, 0) is 30.3 Å². The summed E-state index contributed by atoms with van der Waals surface area (Å²) in [6, 6.07) is 6.58. The molecule has 0 aliphatic rings. The van der Waals surface area contributed by atoms with Crippen LogP contribution in [0.3, 0.4) is 0 Å². The Bertz CT molecular complexity index is 1150. The summed E-state index contributed by atoms with van der Waals surface area (Å²) in [6.45, 7) is 0. The fourth-order valence-electron chi connectivity index (χ4n) is 2.63. The van der Waals surface area contributed by atoms with Crippen LogP contribution in [0.4, 0.5) is 24.5 Å². The van der Waals surface area contributed by atoms with Crippen molar-refractivity contribution in [1.82, 2.24) is 18.8 Å². The lowest BCUT2D eigenvalue weighted by atomic mass is 10.1. The molecule has 3 rings (SSSR count). The number of nitrogens with zero attached hydrogens (tertiary/aromatic N) is 4. The van der Waals surface area contributed by atoms with Gasteiger partial charge in [0.15, 0.2) is 0 Å². The van der Waals surface area contributed by atoms with Gasteiger partial charge in [0.25, 0.3) is 0 Å². The quantitative estimate of drug-likeness (QED) is 0.571. The Morgan fingerprint density at radius 1 is 1.20 bits per heavy atom. The van der Waals surface area contributed by atoms with Gasteiger partial charge in [-0.3, -0.25) is 0 Å². The first-order valence-corrected chi connectivity index (χ1v) is 10.9. The van der Waals surface area contributed by atoms with Gasteiger partial charge in [0, 0.05) is 37.8 Å². The van der Waals surface area contributed by atoms with Crippen LogP contribution in [0.15, 0.2) is 53.9 Å². The first kappa shape index (κ1) is 22.2. The van der Waals surface area contributed by atoms with Crippen LogP contribution in [0, 0.1) is 0 Å². The molecule has 160 valence electrons. The highest BCUT2D eigenvalue weighted by molar-refractivity contribution is 7.89. The molecule has 2 aromatic heterocycles. The molecule has 7 nitrogen and oxygen atoms in total. The molecule has 2 heterocycles. The average molecular weight is 457 g/mol. The second-order valence-electron chi connectivity index (χ2n) is 6.47. The van der Waals surface area contributed by atoms with Crippen LogP contribution in [0.25, 0.3) is 11.3 Å². The van der Waals surface area contributed by atoms with E-state index in [0.717, 1.165) is 12.3 Å². The molecule has 0 saturated carbocycles. The van der Waals surface area contributed by atoms with Gasteiger partial charge < -0.3 is 9.88 Å². The van der Waals surface area contributed by atoms with Crippen LogP contribution in [-0.4, -0.2) is 40.6 Å². The molecule has 0 aliphatic carbocycles. The number of anilines is 2. The van der Waals surface area contributed by atoms with Crippen molar-refractivity contribution in [3.8, 4) is 11.3 Å². The van der Waals surface area contributed by atoms with Crippen LogP contribution in [0.1, 0.15) is 5.69 Å². The van der Waals surface area contributed by atoms with Crippen LogP contribution in [-0.2, 0) is 23.2 Å². The fraction of sp³-hybridized carbons (Fsp3) is 0.222. The normalized spacial score (nSPS) is 12.4. The molecule has 1 N–H and O–H groups in total. The Morgan fingerprint density at radius 2 is 1.93 bits per heavy atom. The predicted octanol–water partition coefficient (Wildman–Crippen LogP) is 3.70. The topological polar surface area (TPSA) is 80.1 Å². The lowest BCUT2D eigenvalue weighted by molar-refractivity contribution is -0.141. The molecule has 0 bridgehead atoms. The molecular formula is C18H19F3N5O2PS. The maximum absolute atomic E-state index is 12.7. The largest absolute Gasteiger partial charge is 0.433 e. The van der Waals surface area contributed by atoms with Gasteiger partial charge in [0.05, 0.1) is 28.8 Å². The Balaban J connectivity index is 2.04. The highest BCUT2D eigenvalue weighted by Gasteiger charge is 2.32. The summed E-state index contributed by atoms with van der Waals surface area (Å²) >= 11 is 0. The van der Waals surface area contributed by atoms with Crippen molar-refractivity contribution in [2.75, 3.05) is 18.7 Å². The van der Waals surface area contributed by atoms with Gasteiger partial charge in [-0.1, -0.05) is 0 Å². The lowest BCUT2D eigenvalue weighted by Gasteiger charge is -2.17. The molecule has 1 aromatic carbocycles. The summed E-state index contributed by atoms with van der Waals surface area (Å²) in [5.41, 5.74) is 0.777. The van der Waals surface area contributed by atoms with Crippen LogP contribution >= 0.6 is 9.24 Å². The standard InChI is InChI=1S/C18H19F3N5O2PS/c1-25-9-16(23-10-25)14-7-13(30(27,28)26(2)11-29)4-5-15(14)24-12-3-6-17(22-8-12)18(19,20)21/h3-10,24H,11,29H2,1-2H3. The van der Waals surface area contributed by atoms with Crippen molar-refractivity contribution in [3.05, 3.63) is 54.7 Å². The van der Waals surface area contributed by atoms with Crippen LogP contribution in [0.2, 0.25) is 0 Å². The van der Waals surface area contributed by atoms with Gasteiger partial charge in [-0.25, -0.2) is 18.4 Å². The monoisotopic (exact) mass is 457 g/mol. The maximum atomic E-state index is 12.7. The van der Waals surface area contributed by atoms with Crippen LogP contribution < -0.4 is 5.32 Å². The van der Waals surface area contributed by atoms with Crippen molar-refractivity contribution in [3.63, 3.8) is 0 Å². The third-order valence-electron chi connectivity index (χ3n) is 4.27. The minimum absolute atomic E-state index is 0.0733. The van der Waals surface area contributed by atoms with E-state index in [-0.39, 0.29) is 11.2 Å². The number of hydrogen-bond donors (Lipinski definition) is 1. The van der Waals surface area contributed by atoms with E-state index in [4.69, 9.17) is 0 Å². The minimum atomic E-state index is -4.53. The minimum Gasteiger partial charge on any atom is -0.354 e. The van der Waals surface area contributed by atoms with E-state index in [0.29, 0.717) is 22.6 Å². The fourth-order valence-corrected chi connectivity index (χ4v) is 4.28. The molecule has 0 radical (unpaired) electrons. The summed E-state index contributed by atoms with van der Waals surface area (Å²) < 4.78 is 66.5. The molecule has 0 amide bonds. The van der Waals surface area contributed by atoms with Crippen molar-refractivity contribution in [2.24, 2.45) is 7.05 Å². The summed E-state index contributed by atoms with van der Waals surface area (Å²) in [5, 5.41) is 2.99. The van der Waals surface area contributed by atoms with E-state index in [1.54, 1.807) is 30.2 Å². The molecule has 0 fully saturated rings. The smallest absolute Gasteiger partial charge is 0.354 e. The number of hydrogen-bond acceptors (Lipinski definition) is 5. The summed E-state index contributed by atoms with van der Waals surface area (Å²) in [5.74, 6) is 0. The number of alkyl halides is 3. The number of aryl methyl sites for hydroxylation is 1. The van der Waals surface area contributed by atoms with E-state index < -0.39 is 21.9 Å². The zero-order valence-electron chi connectivity index (χ0n) is 16.1.